The van der Waals surface area contributed by atoms with Crippen LogP contribution in [0.3, 0.4) is 0 Å². The summed E-state index contributed by atoms with van der Waals surface area (Å²) >= 11 is 6.06. The van der Waals surface area contributed by atoms with Crippen molar-refractivity contribution in [3.8, 4) is 0 Å². The van der Waals surface area contributed by atoms with E-state index in [-0.39, 0.29) is 0 Å². The quantitative estimate of drug-likeness (QED) is 0.617. The second kappa shape index (κ2) is 4.77. The van der Waals surface area contributed by atoms with Crippen molar-refractivity contribution in [3.63, 3.8) is 0 Å². The Bertz CT molecular complexity index is 350. The first kappa shape index (κ1) is 12.2. The van der Waals surface area contributed by atoms with Gasteiger partial charge in [-0.2, -0.15) is 0 Å². The van der Waals surface area contributed by atoms with Crippen molar-refractivity contribution >= 4 is 17.4 Å². The standard InChI is InChI=1S/C10H17ClN4/c1-5(2)7-8(6(3)4)10(13-12)15-14-9(7)11/h5-6H,12H2,1-4H3,(H,13,15). The average molecular weight is 229 g/mol. The minimum atomic E-state index is 0.303. The Kier molecular flexibility index (Phi) is 3.88. The summed E-state index contributed by atoms with van der Waals surface area (Å²) in [6.45, 7) is 8.32. The maximum Gasteiger partial charge on any atom is 0.166 e. The van der Waals surface area contributed by atoms with Crippen LogP contribution in [0.25, 0.3) is 0 Å². The monoisotopic (exact) mass is 228 g/mol. The molecular weight excluding hydrogens is 212 g/mol. The van der Waals surface area contributed by atoms with Crippen molar-refractivity contribution in [2.24, 2.45) is 5.84 Å². The lowest BCUT2D eigenvalue weighted by Gasteiger charge is -2.18. The van der Waals surface area contributed by atoms with Crippen LogP contribution in [0, 0.1) is 0 Å². The van der Waals surface area contributed by atoms with Gasteiger partial charge < -0.3 is 5.43 Å². The molecule has 15 heavy (non-hydrogen) atoms. The lowest BCUT2D eigenvalue weighted by molar-refractivity contribution is 0.766. The zero-order chi connectivity index (χ0) is 11.6. The fourth-order valence-corrected chi connectivity index (χ4v) is 2.04. The molecule has 0 spiro atoms. The molecule has 84 valence electrons. The van der Waals surface area contributed by atoms with E-state index >= 15 is 0 Å². The summed E-state index contributed by atoms with van der Waals surface area (Å²) in [4.78, 5) is 0. The lowest BCUT2D eigenvalue weighted by Crippen LogP contribution is -2.15. The number of rotatable bonds is 3. The van der Waals surface area contributed by atoms with E-state index in [0.29, 0.717) is 22.8 Å². The van der Waals surface area contributed by atoms with Crippen LogP contribution < -0.4 is 11.3 Å². The van der Waals surface area contributed by atoms with E-state index in [1.54, 1.807) is 0 Å². The first-order valence-electron chi connectivity index (χ1n) is 5.01. The smallest absolute Gasteiger partial charge is 0.166 e. The van der Waals surface area contributed by atoms with E-state index in [2.05, 4.69) is 43.3 Å². The molecule has 1 aromatic heterocycles. The van der Waals surface area contributed by atoms with Crippen molar-refractivity contribution in [2.45, 2.75) is 39.5 Å². The Balaban J connectivity index is 3.44. The number of nitrogens with two attached hydrogens (primary N) is 1. The Morgan fingerprint density at radius 1 is 1.07 bits per heavy atom. The van der Waals surface area contributed by atoms with Crippen LogP contribution in [0.2, 0.25) is 5.15 Å². The summed E-state index contributed by atoms with van der Waals surface area (Å²) in [6.07, 6.45) is 0. The van der Waals surface area contributed by atoms with Gasteiger partial charge in [-0.25, -0.2) is 5.84 Å². The van der Waals surface area contributed by atoms with Gasteiger partial charge in [0, 0.05) is 11.1 Å². The zero-order valence-corrected chi connectivity index (χ0v) is 10.3. The highest BCUT2D eigenvalue weighted by atomic mass is 35.5. The number of hydrogen-bond donors (Lipinski definition) is 2. The van der Waals surface area contributed by atoms with Gasteiger partial charge in [0.15, 0.2) is 11.0 Å². The molecule has 5 heteroatoms. The van der Waals surface area contributed by atoms with Crippen molar-refractivity contribution < 1.29 is 0 Å². The van der Waals surface area contributed by atoms with Crippen molar-refractivity contribution in [2.75, 3.05) is 5.43 Å². The van der Waals surface area contributed by atoms with Gasteiger partial charge in [-0.15, -0.1) is 10.2 Å². The molecule has 0 atom stereocenters. The molecule has 0 saturated heterocycles. The number of halogens is 1. The Morgan fingerprint density at radius 2 is 1.60 bits per heavy atom. The van der Waals surface area contributed by atoms with Crippen LogP contribution in [0.15, 0.2) is 0 Å². The summed E-state index contributed by atoms with van der Waals surface area (Å²) in [5.41, 5.74) is 4.64. The zero-order valence-electron chi connectivity index (χ0n) is 9.50. The molecule has 0 amide bonds. The normalized spacial score (nSPS) is 11.2. The fraction of sp³-hybridized carbons (Fsp3) is 0.600. The highest BCUT2D eigenvalue weighted by molar-refractivity contribution is 6.30. The number of anilines is 1. The third-order valence-electron chi connectivity index (χ3n) is 2.30. The van der Waals surface area contributed by atoms with Gasteiger partial charge in [0.25, 0.3) is 0 Å². The lowest BCUT2D eigenvalue weighted by atomic mass is 9.92. The van der Waals surface area contributed by atoms with Crippen molar-refractivity contribution in [1.29, 1.82) is 0 Å². The second-order valence-electron chi connectivity index (χ2n) is 4.12. The second-order valence-corrected chi connectivity index (χ2v) is 4.48. The van der Waals surface area contributed by atoms with E-state index in [4.69, 9.17) is 17.4 Å². The summed E-state index contributed by atoms with van der Waals surface area (Å²) in [5.74, 6) is 6.63. The number of hydrazine groups is 1. The predicted molar refractivity (Wildman–Crippen MR) is 63.0 cm³/mol. The molecule has 1 aromatic rings. The van der Waals surface area contributed by atoms with Gasteiger partial charge in [-0.1, -0.05) is 39.3 Å². The molecule has 0 fully saturated rings. The third kappa shape index (κ3) is 2.38. The number of nitrogen functional groups attached to an aromatic ring is 1. The minimum Gasteiger partial charge on any atom is -0.307 e. The van der Waals surface area contributed by atoms with Gasteiger partial charge >= 0.3 is 0 Å². The summed E-state index contributed by atoms with van der Waals surface area (Å²) in [7, 11) is 0. The Labute approximate surface area is 95.2 Å². The molecule has 1 heterocycles. The summed E-state index contributed by atoms with van der Waals surface area (Å²) in [5, 5.41) is 8.30. The van der Waals surface area contributed by atoms with E-state index in [1.165, 1.54) is 0 Å². The van der Waals surface area contributed by atoms with Crippen LogP contribution in [0.1, 0.15) is 50.7 Å². The average Bonchev–Trinajstić information content (AvgIpc) is 2.16. The van der Waals surface area contributed by atoms with E-state index in [9.17, 15) is 0 Å². The molecule has 0 bridgehead atoms. The molecule has 4 nitrogen and oxygen atoms in total. The van der Waals surface area contributed by atoms with Gasteiger partial charge in [-0.3, -0.25) is 0 Å². The van der Waals surface area contributed by atoms with Crippen LogP contribution in [0.4, 0.5) is 5.82 Å². The molecular formula is C10H17ClN4. The van der Waals surface area contributed by atoms with Gasteiger partial charge in [-0.05, 0) is 11.8 Å². The maximum absolute atomic E-state index is 6.06. The minimum absolute atomic E-state index is 0.303. The summed E-state index contributed by atoms with van der Waals surface area (Å²) in [6, 6.07) is 0. The number of nitrogens with one attached hydrogen (secondary N) is 1. The molecule has 0 aliphatic carbocycles. The first-order valence-corrected chi connectivity index (χ1v) is 5.39. The van der Waals surface area contributed by atoms with Gasteiger partial charge in [0.1, 0.15) is 0 Å². The Hall–Kier alpha value is -0.870. The molecule has 0 radical (unpaired) electrons. The molecule has 0 aliphatic heterocycles. The molecule has 1 rings (SSSR count). The summed E-state index contributed by atoms with van der Waals surface area (Å²) < 4.78 is 0. The highest BCUT2D eigenvalue weighted by Crippen LogP contribution is 2.34. The van der Waals surface area contributed by atoms with Crippen LogP contribution in [0.5, 0.6) is 0 Å². The molecule has 3 N–H and O–H groups in total. The van der Waals surface area contributed by atoms with Crippen LogP contribution in [-0.4, -0.2) is 10.2 Å². The van der Waals surface area contributed by atoms with Crippen molar-refractivity contribution in [3.05, 3.63) is 16.3 Å². The molecule has 0 aromatic carbocycles. The SMILES string of the molecule is CC(C)c1c(Cl)nnc(NN)c1C(C)C. The van der Waals surface area contributed by atoms with E-state index in [0.717, 1.165) is 11.1 Å². The maximum atomic E-state index is 6.06. The fourth-order valence-electron chi connectivity index (χ4n) is 1.68. The number of aromatic nitrogens is 2. The van der Waals surface area contributed by atoms with E-state index in [1.807, 2.05) is 0 Å². The number of nitrogens with zero attached hydrogens (tertiary/aromatic N) is 2. The highest BCUT2D eigenvalue weighted by Gasteiger charge is 2.19. The van der Waals surface area contributed by atoms with Crippen LogP contribution >= 0.6 is 11.6 Å². The third-order valence-corrected chi connectivity index (χ3v) is 2.58. The molecule has 0 unspecified atom stereocenters. The van der Waals surface area contributed by atoms with Gasteiger partial charge in [0.2, 0.25) is 0 Å². The van der Waals surface area contributed by atoms with Gasteiger partial charge in [0.05, 0.1) is 0 Å². The molecule has 0 saturated carbocycles. The van der Waals surface area contributed by atoms with E-state index < -0.39 is 0 Å². The van der Waals surface area contributed by atoms with Crippen LogP contribution in [-0.2, 0) is 0 Å². The predicted octanol–water partition coefficient (Wildman–Crippen LogP) is 2.66. The number of hydrogen-bond acceptors (Lipinski definition) is 4. The first-order chi connectivity index (χ1) is 6.99. The largest absolute Gasteiger partial charge is 0.307 e. The van der Waals surface area contributed by atoms with Crippen molar-refractivity contribution in [1.82, 2.24) is 10.2 Å². The molecule has 0 aliphatic rings. The topological polar surface area (TPSA) is 63.8 Å². The Morgan fingerprint density at radius 3 is 2.00 bits per heavy atom.